The fourth-order valence-electron chi connectivity index (χ4n) is 3.83. The average molecular weight is 429 g/mol. The number of nitriles is 1. The molecule has 162 valence electrons. The summed E-state index contributed by atoms with van der Waals surface area (Å²) in [5, 5.41) is 10.8. The Morgan fingerprint density at radius 2 is 1.63 bits per heavy atom. The smallest absolute Gasteiger partial charge is 0.122 e. The first-order chi connectivity index (χ1) is 14.3. The Bertz CT molecular complexity index is 823. The van der Waals surface area contributed by atoms with Gasteiger partial charge in [-0.15, -0.1) is 0 Å². The maximum atomic E-state index is 10.1. The van der Waals surface area contributed by atoms with Crippen LogP contribution in [0.25, 0.3) is 0 Å². The molecule has 0 spiro atoms. The van der Waals surface area contributed by atoms with Gasteiger partial charge in [-0.25, -0.2) is 0 Å². The first kappa shape index (κ1) is 24.1. The minimum atomic E-state index is -0.494. The molecule has 2 rings (SSSR count). The highest BCUT2D eigenvalue weighted by Crippen LogP contribution is 2.37. The van der Waals surface area contributed by atoms with E-state index in [0.29, 0.717) is 5.02 Å². The first-order valence-corrected chi connectivity index (χ1v) is 10.8. The normalized spacial score (nSPS) is 13.2. The summed E-state index contributed by atoms with van der Waals surface area (Å²) in [4.78, 5) is 2.32. The predicted molar refractivity (Wildman–Crippen MR) is 124 cm³/mol. The monoisotopic (exact) mass is 428 g/mol. The van der Waals surface area contributed by atoms with Crippen molar-refractivity contribution in [1.82, 2.24) is 4.90 Å². The lowest BCUT2D eigenvalue weighted by Gasteiger charge is -2.32. The number of hydrogen-bond acceptors (Lipinski definition) is 4. The third-order valence-electron chi connectivity index (χ3n) is 5.85. The number of ether oxygens (including phenoxy) is 2. The van der Waals surface area contributed by atoms with Gasteiger partial charge in [0.1, 0.15) is 11.5 Å². The highest BCUT2D eigenvalue weighted by atomic mass is 35.5. The van der Waals surface area contributed by atoms with E-state index in [1.54, 1.807) is 14.2 Å². The molecule has 1 atom stereocenters. The maximum Gasteiger partial charge on any atom is 0.122 e. The molecule has 0 aromatic heterocycles. The topological polar surface area (TPSA) is 45.5 Å². The van der Waals surface area contributed by atoms with Crippen LogP contribution in [0.1, 0.15) is 37.8 Å². The molecule has 0 heterocycles. The molecule has 2 aromatic carbocycles. The highest BCUT2D eigenvalue weighted by Gasteiger charge is 2.35. The molecule has 0 aliphatic rings. The molecule has 0 amide bonds. The number of rotatable bonds is 11. The van der Waals surface area contributed by atoms with E-state index >= 15 is 0 Å². The summed E-state index contributed by atoms with van der Waals surface area (Å²) in [6, 6.07) is 16.3. The van der Waals surface area contributed by atoms with Gasteiger partial charge in [0.25, 0.3) is 0 Å². The van der Waals surface area contributed by atoms with E-state index in [9.17, 15) is 5.26 Å². The van der Waals surface area contributed by atoms with Crippen molar-refractivity contribution in [3.05, 3.63) is 58.6 Å². The van der Waals surface area contributed by atoms with E-state index in [1.807, 2.05) is 30.3 Å². The van der Waals surface area contributed by atoms with Crippen LogP contribution in [0, 0.1) is 17.2 Å². The summed E-state index contributed by atoms with van der Waals surface area (Å²) in [6.45, 7) is 6.11. The molecular weight excluding hydrogens is 396 g/mol. The lowest BCUT2D eigenvalue weighted by Crippen LogP contribution is -2.32. The molecular formula is C25H33ClN2O2. The lowest BCUT2D eigenvalue weighted by molar-refractivity contribution is 0.293. The SMILES string of the molecule is COc1cc(CCN(C)CCC[C@@](C#N)(c2ccc(Cl)cc2)C(C)C)cc(OC)c1. The summed E-state index contributed by atoms with van der Waals surface area (Å²) < 4.78 is 10.7. The van der Waals surface area contributed by atoms with Crippen LogP contribution in [0.2, 0.25) is 5.02 Å². The zero-order valence-electron chi connectivity index (χ0n) is 18.7. The molecule has 0 aliphatic heterocycles. The van der Waals surface area contributed by atoms with Crippen LogP contribution in [-0.2, 0) is 11.8 Å². The molecule has 0 fully saturated rings. The van der Waals surface area contributed by atoms with Crippen molar-refractivity contribution in [1.29, 1.82) is 5.26 Å². The summed E-state index contributed by atoms with van der Waals surface area (Å²) in [5.41, 5.74) is 1.74. The summed E-state index contributed by atoms with van der Waals surface area (Å²) in [7, 11) is 5.46. The van der Waals surface area contributed by atoms with Crippen molar-refractivity contribution >= 4 is 11.6 Å². The van der Waals surface area contributed by atoms with Crippen molar-refractivity contribution in [3.63, 3.8) is 0 Å². The number of hydrogen-bond donors (Lipinski definition) is 0. The van der Waals surface area contributed by atoms with Gasteiger partial charge in [-0.05, 0) is 74.2 Å². The third-order valence-corrected chi connectivity index (χ3v) is 6.10. The number of likely N-dealkylation sites (N-methyl/N-ethyl adjacent to an activating group) is 1. The predicted octanol–water partition coefficient (Wildman–Crippen LogP) is 5.73. The second kappa shape index (κ2) is 11.2. The first-order valence-electron chi connectivity index (χ1n) is 10.4. The third kappa shape index (κ3) is 6.14. The van der Waals surface area contributed by atoms with Gasteiger partial charge >= 0.3 is 0 Å². The van der Waals surface area contributed by atoms with Crippen molar-refractivity contribution in [3.8, 4) is 17.6 Å². The zero-order chi connectivity index (χ0) is 22.1. The van der Waals surface area contributed by atoms with E-state index in [4.69, 9.17) is 21.1 Å². The van der Waals surface area contributed by atoms with Crippen LogP contribution in [-0.4, -0.2) is 39.3 Å². The fraction of sp³-hybridized carbons (Fsp3) is 0.480. The molecule has 0 aliphatic carbocycles. The van der Waals surface area contributed by atoms with Crippen LogP contribution in [0.3, 0.4) is 0 Å². The van der Waals surface area contributed by atoms with Crippen LogP contribution < -0.4 is 9.47 Å². The van der Waals surface area contributed by atoms with Crippen LogP contribution in [0.15, 0.2) is 42.5 Å². The van der Waals surface area contributed by atoms with Gasteiger partial charge in [-0.3, -0.25) is 0 Å². The Balaban J connectivity index is 1.95. The Kier molecular flexibility index (Phi) is 9.02. The molecule has 0 N–H and O–H groups in total. The number of benzene rings is 2. The van der Waals surface area contributed by atoms with Gasteiger partial charge in [-0.2, -0.15) is 5.26 Å². The Morgan fingerprint density at radius 1 is 1.03 bits per heavy atom. The van der Waals surface area contributed by atoms with Crippen molar-refractivity contribution in [2.45, 2.75) is 38.5 Å². The van der Waals surface area contributed by atoms with E-state index in [-0.39, 0.29) is 5.92 Å². The molecule has 4 nitrogen and oxygen atoms in total. The van der Waals surface area contributed by atoms with E-state index in [2.05, 4.69) is 44.0 Å². The molecule has 5 heteroatoms. The van der Waals surface area contributed by atoms with Gasteiger partial charge in [-0.1, -0.05) is 37.6 Å². The van der Waals surface area contributed by atoms with Gasteiger partial charge in [0.05, 0.1) is 25.7 Å². The summed E-state index contributed by atoms with van der Waals surface area (Å²) in [6.07, 6.45) is 2.68. The molecule has 0 saturated carbocycles. The summed E-state index contributed by atoms with van der Waals surface area (Å²) in [5.74, 6) is 1.84. The second-order valence-corrected chi connectivity index (χ2v) is 8.56. The Labute approximate surface area is 186 Å². The van der Waals surface area contributed by atoms with Crippen LogP contribution in [0.4, 0.5) is 0 Å². The fourth-order valence-corrected chi connectivity index (χ4v) is 3.96. The Hall–Kier alpha value is -2.22. The maximum absolute atomic E-state index is 10.1. The molecule has 30 heavy (non-hydrogen) atoms. The van der Waals surface area contributed by atoms with Gasteiger partial charge in [0.15, 0.2) is 0 Å². The second-order valence-electron chi connectivity index (χ2n) is 8.12. The van der Waals surface area contributed by atoms with E-state index in [0.717, 1.165) is 49.4 Å². The molecule has 0 saturated heterocycles. The average Bonchev–Trinajstić information content (AvgIpc) is 2.75. The standard InChI is InChI=1S/C25H33ClN2O2/c1-19(2)25(18-27,21-7-9-22(26)10-8-21)12-6-13-28(3)14-11-20-15-23(29-4)17-24(16-20)30-5/h7-10,15-17,19H,6,11-14H2,1-5H3/t25-/m0/s1. The number of nitrogens with zero attached hydrogens (tertiary/aromatic N) is 2. The van der Waals surface area contributed by atoms with Crippen molar-refractivity contribution in [2.75, 3.05) is 34.4 Å². The lowest BCUT2D eigenvalue weighted by atomic mass is 9.70. The Morgan fingerprint density at radius 3 is 2.13 bits per heavy atom. The molecule has 2 aromatic rings. The quantitative estimate of drug-likeness (QED) is 0.458. The minimum absolute atomic E-state index is 0.221. The largest absolute Gasteiger partial charge is 0.497 e. The van der Waals surface area contributed by atoms with E-state index < -0.39 is 5.41 Å². The van der Waals surface area contributed by atoms with Crippen LogP contribution >= 0.6 is 11.6 Å². The zero-order valence-corrected chi connectivity index (χ0v) is 19.5. The van der Waals surface area contributed by atoms with Crippen molar-refractivity contribution in [2.24, 2.45) is 5.92 Å². The number of halogens is 1. The van der Waals surface area contributed by atoms with Crippen molar-refractivity contribution < 1.29 is 9.47 Å². The molecule has 0 bridgehead atoms. The minimum Gasteiger partial charge on any atom is -0.497 e. The molecule has 0 radical (unpaired) electrons. The number of methoxy groups -OCH3 is 2. The van der Waals surface area contributed by atoms with Gasteiger partial charge in [0.2, 0.25) is 0 Å². The highest BCUT2D eigenvalue weighted by molar-refractivity contribution is 6.30. The van der Waals surface area contributed by atoms with Gasteiger partial charge in [0, 0.05) is 17.6 Å². The van der Waals surface area contributed by atoms with Crippen LogP contribution in [0.5, 0.6) is 11.5 Å². The van der Waals surface area contributed by atoms with Gasteiger partial charge < -0.3 is 14.4 Å². The summed E-state index contributed by atoms with van der Waals surface area (Å²) >= 11 is 6.05. The molecule has 0 unspecified atom stereocenters. The van der Waals surface area contributed by atoms with E-state index in [1.165, 1.54) is 5.56 Å².